The Morgan fingerprint density at radius 2 is 1.95 bits per heavy atom. The maximum absolute atomic E-state index is 15.4. The van der Waals surface area contributed by atoms with Crippen molar-refractivity contribution in [3.8, 4) is 0 Å². The van der Waals surface area contributed by atoms with E-state index < -0.39 is 23.8 Å². The normalized spacial score (nSPS) is 21.7. The third kappa shape index (κ3) is 7.83. The number of hydrogen-bond donors (Lipinski definition) is 2. The lowest BCUT2D eigenvalue weighted by Gasteiger charge is -2.35. The van der Waals surface area contributed by atoms with Crippen LogP contribution in [0.15, 0.2) is 69.2 Å². The summed E-state index contributed by atoms with van der Waals surface area (Å²) in [5, 5.41) is 3.00. The van der Waals surface area contributed by atoms with Crippen LogP contribution in [-0.2, 0) is 4.74 Å². The summed E-state index contributed by atoms with van der Waals surface area (Å²) in [7, 11) is 0. The Morgan fingerprint density at radius 3 is 2.64 bits per heavy atom. The van der Waals surface area contributed by atoms with Crippen molar-refractivity contribution in [1.29, 1.82) is 0 Å². The summed E-state index contributed by atoms with van der Waals surface area (Å²) in [4.78, 5) is 8.34. The molecule has 6 nitrogen and oxygen atoms in total. The third-order valence-electron chi connectivity index (χ3n) is 8.20. The minimum Gasteiger partial charge on any atom is -0.390 e. The van der Waals surface area contributed by atoms with Crippen LogP contribution in [0.1, 0.15) is 59.3 Å². The molecule has 3 N–H and O–H groups in total. The molecular weight excluding hydrogens is 546 g/mol. The molecular formula is C32H43F4N5O. The van der Waals surface area contributed by atoms with Crippen LogP contribution in [0.2, 0.25) is 0 Å². The minimum atomic E-state index is -1.00. The summed E-state index contributed by atoms with van der Waals surface area (Å²) in [6.45, 7) is 10.0. The highest BCUT2D eigenvalue weighted by molar-refractivity contribution is 5.58. The van der Waals surface area contributed by atoms with E-state index in [1.165, 1.54) is 6.07 Å². The maximum Gasteiger partial charge on any atom is 0.148 e. The van der Waals surface area contributed by atoms with Crippen LogP contribution >= 0.6 is 0 Å². The molecule has 1 fully saturated rings. The number of hydrogen-bond acceptors (Lipinski definition) is 5. The summed E-state index contributed by atoms with van der Waals surface area (Å²) in [5.41, 5.74) is 8.34. The summed E-state index contributed by atoms with van der Waals surface area (Å²) in [5.74, 6) is -1.68. The Morgan fingerprint density at radius 1 is 1.19 bits per heavy atom. The van der Waals surface area contributed by atoms with Crippen LogP contribution in [0.3, 0.4) is 0 Å². The second-order valence-corrected chi connectivity index (χ2v) is 11.2. The van der Waals surface area contributed by atoms with Crippen LogP contribution in [-0.4, -0.2) is 62.7 Å². The van der Waals surface area contributed by atoms with Crippen molar-refractivity contribution in [3.05, 3.63) is 70.0 Å². The number of ether oxygens (including phenoxy) is 1. The number of nitrogens with zero attached hydrogens (tertiary/aromatic N) is 3. The van der Waals surface area contributed by atoms with Gasteiger partial charge in [0.1, 0.15) is 29.4 Å². The molecule has 2 atom stereocenters. The topological polar surface area (TPSA) is 66.1 Å². The molecule has 0 bridgehead atoms. The number of benzene rings is 1. The number of rotatable bonds is 11. The van der Waals surface area contributed by atoms with Crippen LogP contribution < -0.4 is 16.0 Å². The van der Waals surface area contributed by atoms with Gasteiger partial charge in [-0.3, -0.25) is 0 Å². The van der Waals surface area contributed by atoms with Gasteiger partial charge < -0.3 is 25.6 Å². The second-order valence-electron chi connectivity index (χ2n) is 11.2. The average molecular weight is 590 g/mol. The molecule has 0 radical (unpaired) electrons. The number of likely N-dealkylation sites (N-methyl/N-ethyl adjacent to an activating group) is 1. The zero-order chi connectivity index (χ0) is 30.2. The number of nitrogens with one attached hydrogen (secondary N) is 1. The molecule has 10 heteroatoms. The fourth-order valence-corrected chi connectivity index (χ4v) is 5.78. The van der Waals surface area contributed by atoms with Crippen LogP contribution in [0.4, 0.5) is 28.9 Å². The van der Waals surface area contributed by atoms with Gasteiger partial charge in [-0.15, -0.1) is 0 Å². The molecule has 3 aliphatic rings. The molecule has 0 amide bonds. The second kappa shape index (κ2) is 14.9. The van der Waals surface area contributed by atoms with Crippen molar-refractivity contribution in [2.45, 2.75) is 71.4 Å². The number of anilines is 2. The van der Waals surface area contributed by atoms with Gasteiger partial charge in [-0.2, -0.15) is 0 Å². The maximum atomic E-state index is 15.4. The zero-order valence-corrected chi connectivity index (χ0v) is 24.9. The number of halogens is 4. The fraction of sp³-hybridized carbons (Fsp3) is 0.531. The zero-order valence-electron chi connectivity index (χ0n) is 24.9. The Bertz CT molecular complexity index is 1260. The number of fused-ring (bicyclic) bond motifs is 1. The Kier molecular flexibility index (Phi) is 11.3. The summed E-state index contributed by atoms with van der Waals surface area (Å²) >= 11 is 0. The fourth-order valence-electron chi connectivity index (χ4n) is 5.78. The highest BCUT2D eigenvalue weighted by Gasteiger charge is 2.30. The standard InChI is InChI=1S/C32H43F4N5O/c1-4-40-12-14-41(15-13-40)29-11-10-23(18-27(29)34)39-22(3)31(35)28(38-20-37)9-6-16-42-30-19-26(33)24-8-5-7-21(2)17-25(24)32(30)36/h10-11,17-18,20,22,30,39H,4-9,12-16,19H2,1-3H3,(H2,37,38)/b31-28+. The molecule has 230 valence electrons. The van der Waals surface area contributed by atoms with E-state index in [1.807, 2.05) is 11.8 Å². The van der Waals surface area contributed by atoms with Gasteiger partial charge in [0.25, 0.3) is 0 Å². The molecule has 0 spiro atoms. The first-order valence-corrected chi connectivity index (χ1v) is 14.9. The van der Waals surface area contributed by atoms with Gasteiger partial charge in [0, 0.05) is 50.5 Å². The minimum absolute atomic E-state index is 0.0918. The average Bonchev–Trinajstić information content (AvgIpc) is 3.18. The van der Waals surface area contributed by atoms with E-state index in [1.54, 1.807) is 25.1 Å². The highest BCUT2D eigenvalue weighted by atomic mass is 19.1. The third-order valence-corrected chi connectivity index (χ3v) is 8.20. The molecule has 42 heavy (non-hydrogen) atoms. The molecule has 1 aromatic carbocycles. The van der Waals surface area contributed by atoms with E-state index in [2.05, 4.69) is 22.1 Å². The van der Waals surface area contributed by atoms with Crippen molar-refractivity contribution in [3.63, 3.8) is 0 Å². The number of nitrogens with two attached hydrogens (primary N) is 1. The first-order chi connectivity index (χ1) is 20.2. The number of piperazine rings is 1. The van der Waals surface area contributed by atoms with Gasteiger partial charge in [0.05, 0.1) is 23.8 Å². The van der Waals surface area contributed by atoms with Gasteiger partial charge in [0.15, 0.2) is 0 Å². The molecule has 1 heterocycles. The largest absolute Gasteiger partial charge is 0.390 e. The predicted molar refractivity (Wildman–Crippen MR) is 162 cm³/mol. The summed E-state index contributed by atoms with van der Waals surface area (Å²) in [6.07, 6.45) is 4.22. The smallest absolute Gasteiger partial charge is 0.148 e. The Hall–Kier alpha value is -3.11. The Balaban J connectivity index is 1.34. The van der Waals surface area contributed by atoms with E-state index >= 15 is 8.78 Å². The lowest BCUT2D eigenvalue weighted by Crippen LogP contribution is -2.46. The van der Waals surface area contributed by atoms with E-state index in [0.29, 0.717) is 35.4 Å². The van der Waals surface area contributed by atoms with Gasteiger partial charge in [-0.05, 0) is 76.3 Å². The lowest BCUT2D eigenvalue weighted by atomic mass is 9.92. The first kappa shape index (κ1) is 31.8. The van der Waals surface area contributed by atoms with E-state index in [0.717, 1.165) is 57.5 Å². The number of aliphatic imine (C=N–C) groups is 1. The summed E-state index contributed by atoms with van der Waals surface area (Å²) in [6, 6.07) is 4.04. The van der Waals surface area contributed by atoms with Gasteiger partial charge in [0.2, 0.25) is 0 Å². The van der Waals surface area contributed by atoms with Crippen LogP contribution in [0, 0.1) is 5.82 Å². The lowest BCUT2D eigenvalue weighted by molar-refractivity contribution is 0.0551. The molecule has 1 aromatic rings. The molecule has 4 rings (SSSR count). The first-order valence-electron chi connectivity index (χ1n) is 14.9. The molecule has 0 aromatic heterocycles. The van der Waals surface area contributed by atoms with Crippen molar-refractivity contribution in [1.82, 2.24) is 4.90 Å². The van der Waals surface area contributed by atoms with Crippen LogP contribution in [0.5, 0.6) is 0 Å². The van der Waals surface area contributed by atoms with Crippen LogP contribution in [0.25, 0.3) is 0 Å². The SMILES string of the molecule is CCN1CCN(c2ccc(NC(C)/C(F)=C(/CCCOC3CC(F)=C4CCCC(C)=CC4=C3F)N=CN)cc2F)CC1. The molecule has 2 unspecified atom stereocenters. The molecule has 0 saturated carbocycles. The predicted octanol–water partition coefficient (Wildman–Crippen LogP) is 7.08. The van der Waals surface area contributed by atoms with Crippen molar-refractivity contribution < 1.29 is 22.3 Å². The van der Waals surface area contributed by atoms with Crippen molar-refractivity contribution in [2.24, 2.45) is 10.7 Å². The Labute approximate surface area is 246 Å². The van der Waals surface area contributed by atoms with E-state index in [4.69, 9.17) is 10.5 Å². The van der Waals surface area contributed by atoms with Gasteiger partial charge >= 0.3 is 0 Å². The van der Waals surface area contributed by atoms with E-state index in [-0.39, 0.29) is 36.8 Å². The quantitative estimate of drug-likeness (QED) is 0.125. The van der Waals surface area contributed by atoms with Gasteiger partial charge in [-0.1, -0.05) is 18.6 Å². The van der Waals surface area contributed by atoms with Crippen molar-refractivity contribution >= 4 is 17.7 Å². The summed E-state index contributed by atoms with van der Waals surface area (Å²) < 4.78 is 66.1. The molecule has 2 aliphatic carbocycles. The number of allylic oxidation sites excluding steroid dienone is 5. The molecule has 1 aliphatic heterocycles. The monoisotopic (exact) mass is 589 g/mol. The van der Waals surface area contributed by atoms with Gasteiger partial charge in [-0.25, -0.2) is 22.6 Å². The van der Waals surface area contributed by atoms with E-state index in [9.17, 15) is 8.78 Å². The van der Waals surface area contributed by atoms with Crippen molar-refractivity contribution in [2.75, 3.05) is 49.5 Å². The highest BCUT2D eigenvalue weighted by Crippen LogP contribution is 2.40. The molecule has 1 saturated heterocycles.